The number of urea groups is 1. The molecule has 2 aliphatic rings. The maximum Gasteiger partial charge on any atom is 0.410 e. The van der Waals surface area contributed by atoms with Crippen molar-refractivity contribution in [2.45, 2.75) is 62.8 Å². The number of nitrogens with two attached hydrogens (primary N) is 1. The Bertz CT molecular complexity index is 941. The standard InChI is InChI=1S/C21H29F3N6O2/c1-32-12-16(29-11-17(21(22,23)24)28-20(29)31)14-8-18-27-15(10-30(18)26-9-14)19(25)13-6-4-2-3-5-7-13/h8-10,13,16-17,19H,2-7,11-12,25H2,1H3,(H,28,31)/t16-,17?,19+/m1/s1. The highest BCUT2D eigenvalue weighted by Crippen LogP contribution is 2.33. The van der Waals surface area contributed by atoms with E-state index in [-0.39, 0.29) is 12.6 Å². The third-order valence-corrected chi connectivity index (χ3v) is 6.53. The topological polar surface area (TPSA) is 97.8 Å². The number of carbonyl (C=O) groups is 1. The van der Waals surface area contributed by atoms with Crippen molar-refractivity contribution in [3.05, 3.63) is 29.7 Å². The number of hydrogen-bond acceptors (Lipinski definition) is 5. The van der Waals surface area contributed by atoms with Crippen molar-refractivity contribution in [2.24, 2.45) is 11.7 Å². The Balaban J connectivity index is 1.58. The molecule has 1 aliphatic heterocycles. The van der Waals surface area contributed by atoms with Gasteiger partial charge in [0, 0.05) is 12.7 Å². The number of fused-ring (bicyclic) bond motifs is 1. The summed E-state index contributed by atoms with van der Waals surface area (Å²) in [7, 11) is 1.44. The van der Waals surface area contributed by atoms with Crippen LogP contribution in [0.2, 0.25) is 0 Å². The molecule has 0 radical (unpaired) electrons. The van der Waals surface area contributed by atoms with Crippen LogP contribution in [0.25, 0.3) is 5.65 Å². The van der Waals surface area contributed by atoms with E-state index in [0.29, 0.717) is 17.1 Å². The number of nitrogens with one attached hydrogen (secondary N) is 1. The monoisotopic (exact) mass is 454 g/mol. The van der Waals surface area contributed by atoms with Crippen LogP contribution in [0.4, 0.5) is 18.0 Å². The smallest absolute Gasteiger partial charge is 0.382 e. The molecular formula is C21H29F3N6O2. The van der Waals surface area contributed by atoms with Gasteiger partial charge in [-0.3, -0.25) is 0 Å². The van der Waals surface area contributed by atoms with Crippen LogP contribution in [-0.4, -0.2) is 58.0 Å². The molecule has 0 spiro atoms. The minimum absolute atomic E-state index is 0.0327. The first-order valence-corrected chi connectivity index (χ1v) is 11.0. The molecule has 3 heterocycles. The number of halogens is 3. The number of hydrogen-bond donors (Lipinski definition) is 2. The minimum atomic E-state index is -4.52. The first-order valence-electron chi connectivity index (χ1n) is 11.0. The molecule has 2 fully saturated rings. The fourth-order valence-corrected chi connectivity index (χ4v) is 4.70. The van der Waals surface area contributed by atoms with E-state index < -0.39 is 30.8 Å². The highest BCUT2D eigenvalue weighted by molar-refractivity contribution is 5.77. The van der Waals surface area contributed by atoms with Gasteiger partial charge in [0.1, 0.15) is 6.04 Å². The number of alkyl halides is 3. The van der Waals surface area contributed by atoms with E-state index in [9.17, 15) is 18.0 Å². The number of ether oxygens (including phenoxy) is 1. The normalized spacial score (nSPS) is 22.7. The van der Waals surface area contributed by atoms with E-state index in [1.807, 2.05) is 11.5 Å². The molecule has 1 saturated heterocycles. The zero-order chi connectivity index (χ0) is 22.9. The van der Waals surface area contributed by atoms with Crippen LogP contribution in [-0.2, 0) is 4.74 Å². The van der Waals surface area contributed by atoms with Crippen molar-refractivity contribution in [3.8, 4) is 0 Å². The maximum absolute atomic E-state index is 13.1. The second-order valence-corrected chi connectivity index (χ2v) is 8.70. The summed E-state index contributed by atoms with van der Waals surface area (Å²) in [5.41, 5.74) is 8.37. The number of imidazole rings is 1. The van der Waals surface area contributed by atoms with Gasteiger partial charge in [0.15, 0.2) is 5.65 Å². The predicted molar refractivity (Wildman–Crippen MR) is 111 cm³/mol. The summed E-state index contributed by atoms with van der Waals surface area (Å²) in [5, 5.41) is 6.38. The molecule has 2 amide bonds. The van der Waals surface area contributed by atoms with Gasteiger partial charge in [0.25, 0.3) is 0 Å². The van der Waals surface area contributed by atoms with Crippen molar-refractivity contribution in [1.29, 1.82) is 0 Å². The SMILES string of the molecule is COC[C@H](c1cnn2cc([C@@H](N)C3CCCCCC3)nc2c1)N1CC(C(F)(F)F)NC1=O. The number of carbonyl (C=O) groups excluding carboxylic acids is 1. The Labute approximate surface area is 184 Å². The lowest BCUT2D eigenvalue weighted by atomic mass is 9.91. The minimum Gasteiger partial charge on any atom is -0.382 e. The summed E-state index contributed by atoms with van der Waals surface area (Å²) in [5.74, 6) is 0.371. The molecule has 0 bridgehead atoms. The van der Waals surface area contributed by atoms with E-state index in [1.165, 1.54) is 39.0 Å². The summed E-state index contributed by atoms with van der Waals surface area (Å²) in [6, 6.07) is -1.88. The maximum atomic E-state index is 13.1. The van der Waals surface area contributed by atoms with Crippen LogP contribution in [0.15, 0.2) is 18.5 Å². The molecule has 0 aromatic carbocycles. The summed E-state index contributed by atoms with van der Waals surface area (Å²) in [6.07, 6.45) is 5.79. The van der Waals surface area contributed by atoms with Crippen molar-refractivity contribution < 1.29 is 22.7 Å². The van der Waals surface area contributed by atoms with E-state index in [0.717, 1.165) is 23.4 Å². The number of rotatable bonds is 6. The quantitative estimate of drug-likeness (QED) is 0.653. The van der Waals surface area contributed by atoms with Crippen LogP contribution >= 0.6 is 0 Å². The lowest BCUT2D eigenvalue weighted by Gasteiger charge is -2.26. The lowest BCUT2D eigenvalue weighted by molar-refractivity contribution is -0.150. The Hall–Kier alpha value is -2.40. The van der Waals surface area contributed by atoms with Gasteiger partial charge < -0.3 is 20.7 Å². The molecular weight excluding hydrogens is 425 g/mol. The first-order chi connectivity index (χ1) is 15.3. The zero-order valence-electron chi connectivity index (χ0n) is 18.0. The molecule has 4 rings (SSSR count). The van der Waals surface area contributed by atoms with Gasteiger partial charge in [-0.15, -0.1) is 0 Å². The summed E-state index contributed by atoms with van der Waals surface area (Å²) in [6.45, 7) is -0.460. The molecule has 176 valence electrons. The first kappa shape index (κ1) is 22.8. The zero-order valence-corrected chi connectivity index (χ0v) is 18.0. The second kappa shape index (κ2) is 9.22. The van der Waals surface area contributed by atoms with Gasteiger partial charge in [0.2, 0.25) is 0 Å². The molecule has 1 saturated carbocycles. The summed E-state index contributed by atoms with van der Waals surface area (Å²) < 4.78 is 46.2. The largest absolute Gasteiger partial charge is 0.410 e. The third kappa shape index (κ3) is 4.68. The van der Waals surface area contributed by atoms with E-state index in [1.54, 1.807) is 10.6 Å². The molecule has 3 atom stereocenters. The van der Waals surface area contributed by atoms with Crippen LogP contribution in [0.3, 0.4) is 0 Å². The van der Waals surface area contributed by atoms with Crippen molar-refractivity contribution in [1.82, 2.24) is 24.8 Å². The third-order valence-electron chi connectivity index (χ3n) is 6.53. The Kier molecular flexibility index (Phi) is 6.57. The van der Waals surface area contributed by atoms with Crippen LogP contribution in [0.1, 0.15) is 61.9 Å². The van der Waals surface area contributed by atoms with Gasteiger partial charge in [0.05, 0.1) is 43.3 Å². The molecule has 2 aromatic rings. The lowest BCUT2D eigenvalue weighted by Crippen LogP contribution is -2.40. The Morgan fingerprint density at radius 2 is 2.00 bits per heavy atom. The van der Waals surface area contributed by atoms with Gasteiger partial charge in [-0.1, -0.05) is 25.7 Å². The number of amides is 2. The fraction of sp³-hybridized carbons (Fsp3) is 0.667. The van der Waals surface area contributed by atoms with Crippen molar-refractivity contribution in [2.75, 3.05) is 20.3 Å². The van der Waals surface area contributed by atoms with E-state index >= 15 is 0 Å². The molecule has 2 aromatic heterocycles. The van der Waals surface area contributed by atoms with E-state index in [4.69, 9.17) is 10.5 Å². The fourth-order valence-electron chi connectivity index (χ4n) is 4.70. The Morgan fingerprint density at radius 3 is 2.62 bits per heavy atom. The van der Waals surface area contributed by atoms with Crippen LogP contribution < -0.4 is 11.1 Å². The van der Waals surface area contributed by atoms with E-state index in [2.05, 4.69) is 10.1 Å². The molecule has 32 heavy (non-hydrogen) atoms. The Morgan fingerprint density at radius 1 is 1.28 bits per heavy atom. The van der Waals surface area contributed by atoms with Gasteiger partial charge in [-0.25, -0.2) is 14.3 Å². The van der Waals surface area contributed by atoms with Crippen LogP contribution in [0.5, 0.6) is 0 Å². The van der Waals surface area contributed by atoms with Crippen molar-refractivity contribution >= 4 is 11.7 Å². The number of aromatic nitrogens is 3. The summed E-state index contributed by atoms with van der Waals surface area (Å²) in [4.78, 5) is 18.1. The number of nitrogens with zero attached hydrogens (tertiary/aromatic N) is 4. The average Bonchev–Trinajstić information content (AvgIpc) is 3.24. The molecule has 1 aliphatic carbocycles. The summed E-state index contributed by atoms with van der Waals surface area (Å²) >= 11 is 0. The van der Waals surface area contributed by atoms with Gasteiger partial charge in [-0.2, -0.15) is 18.3 Å². The van der Waals surface area contributed by atoms with Crippen molar-refractivity contribution in [3.63, 3.8) is 0 Å². The molecule has 11 heteroatoms. The molecule has 1 unspecified atom stereocenters. The second-order valence-electron chi connectivity index (χ2n) is 8.70. The van der Waals surface area contributed by atoms with Gasteiger partial charge in [-0.05, 0) is 24.8 Å². The highest BCUT2D eigenvalue weighted by atomic mass is 19.4. The highest BCUT2D eigenvalue weighted by Gasteiger charge is 2.48. The molecule has 8 nitrogen and oxygen atoms in total. The van der Waals surface area contributed by atoms with Crippen LogP contribution in [0, 0.1) is 5.92 Å². The average molecular weight is 454 g/mol. The van der Waals surface area contributed by atoms with Gasteiger partial charge >= 0.3 is 12.2 Å². The number of methoxy groups -OCH3 is 1. The predicted octanol–water partition coefficient (Wildman–Crippen LogP) is 3.34. The molecule has 3 N–H and O–H groups in total.